The van der Waals surface area contributed by atoms with Crippen LogP contribution in [0, 0.1) is 17.8 Å². The highest BCUT2D eigenvalue weighted by Gasteiger charge is 2.44. The quantitative estimate of drug-likeness (QED) is 0.704. The first-order valence-electron chi connectivity index (χ1n) is 5.96. The summed E-state index contributed by atoms with van der Waals surface area (Å²) in [5.41, 5.74) is 3.52. The molecule has 0 saturated heterocycles. The minimum absolute atomic E-state index is 0.851. The van der Waals surface area contributed by atoms with Gasteiger partial charge in [0, 0.05) is 6.54 Å². The van der Waals surface area contributed by atoms with Crippen LogP contribution in [0.15, 0.2) is 23.3 Å². The summed E-state index contributed by atoms with van der Waals surface area (Å²) in [4.78, 5) is 0. The van der Waals surface area contributed by atoms with Crippen molar-refractivity contribution >= 4 is 0 Å². The van der Waals surface area contributed by atoms with Crippen molar-refractivity contribution in [3.8, 4) is 0 Å². The molecule has 0 spiro atoms. The van der Waals surface area contributed by atoms with Gasteiger partial charge in [-0.2, -0.15) is 0 Å². The Bertz CT molecular complexity index is 300. The monoisotopic (exact) mass is 189 g/mol. The molecule has 14 heavy (non-hydrogen) atoms. The molecule has 1 fully saturated rings. The second-order valence-corrected chi connectivity index (χ2v) is 4.99. The Kier molecular flexibility index (Phi) is 2.01. The van der Waals surface area contributed by atoms with Crippen molar-refractivity contribution in [3.63, 3.8) is 0 Å². The predicted octanol–water partition coefficient (Wildman–Crippen LogP) is 2.51. The standard InChI is InChI=1S/C13H19N/c1-14-8-11-4-2-3-9-5-6-10-7-12(10)13(9)11/h5-6,10-12,14H,2-4,7-8H2,1H3. The zero-order valence-corrected chi connectivity index (χ0v) is 8.92. The number of nitrogens with one attached hydrogen (secondary N) is 1. The van der Waals surface area contributed by atoms with Crippen LogP contribution in [0.2, 0.25) is 0 Å². The largest absolute Gasteiger partial charge is 0.319 e. The van der Waals surface area contributed by atoms with Gasteiger partial charge in [0.05, 0.1) is 0 Å². The van der Waals surface area contributed by atoms with Gasteiger partial charge >= 0.3 is 0 Å². The molecule has 0 aromatic heterocycles. The molecule has 0 radical (unpaired) electrons. The van der Waals surface area contributed by atoms with Gasteiger partial charge in [-0.15, -0.1) is 0 Å². The topological polar surface area (TPSA) is 12.0 Å². The van der Waals surface area contributed by atoms with Crippen LogP contribution >= 0.6 is 0 Å². The lowest BCUT2D eigenvalue weighted by atomic mass is 9.78. The predicted molar refractivity (Wildman–Crippen MR) is 59.0 cm³/mol. The van der Waals surface area contributed by atoms with E-state index in [1.165, 1.54) is 32.2 Å². The maximum absolute atomic E-state index is 3.35. The maximum atomic E-state index is 3.35. The molecule has 0 aliphatic heterocycles. The first-order valence-corrected chi connectivity index (χ1v) is 5.96. The van der Waals surface area contributed by atoms with Gasteiger partial charge in [-0.25, -0.2) is 0 Å². The molecule has 0 bridgehead atoms. The van der Waals surface area contributed by atoms with Gasteiger partial charge in [0.25, 0.3) is 0 Å². The molecule has 0 heterocycles. The second kappa shape index (κ2) is 3.23. The Morgan fingerprint density at radius 1 is 1.50 bits per heavy atom. The van der Waals surface area contributed by atoms with Crippen LogP contribution in [0.4, 0.5) is 0 Å². The first kappa shape index (κ1) is 8.72. The summed E-state index contributed by atoms with van der Waals surface area (Å²) in [6.45, 7) is 1.19. The van der Waals surface area contributed by atoms with Gasteiger partial charge in [-0.05, 0) is 56.1 Å². The van der Waals surface area contributed by atoms with Gasteiger partial charge in [0.1, 0.15) is 0 Å². The third-order valence-electron chi connectivity index (χ3n) is 4.04. The first-order chi connectivity index (χ1) is 6.90. The van der Waals surface area contributed by atoms with E-state index in [4.69, 9.17) is 0 Å². The highest BCUT2D eigenvalue weighted by molar-refractivity contribution is 5.40. The Balaban J connectivity index is 1.90. The fourth-order valence-corrected chi connectivity index (χ4v) is 3.30. The van der Waals surface area contributed by atoms with E-state index in [0.717, 1.165) is 17.8 Å². The number of rotatable bonds is 2. The highest BCUT2D eigenvalue weighted by Crippen LogP contribution is 2.54. The van der Waals surface area contributed by atoms with Crippen LogP contribution in [0.1, 0.15) is 25.7 Å². The van der Waals surface area contributed by atoms with Crippen LogP contribution < -0.4 is 5.32 Å². The number of fused-ring (bicyclic) bond motifs is 2. The van der Waals surface area contributed by atoms with Gasteiger partial charge < -0.3 is 5.32 Å². The van der Waals surface area contributed by atoms with Crippen molar-refractivity contribution in [1.82, 2.24) is 5.32 Å². The summed E-state index contributed by atoms with van der Waals surface area (Å²) in [5.74, 6) is 2.73. The third-order valence-corrected chi connectivity index (χ3v) is 4.04. The number of hydrogen-bond acceptors (Lipinski definition) is 1. The molecular formula is C13H19N. The smallest absolute Gasteiger partial charge is 0.00142 e. The van der Waals surface area contributed by atoms with Crippen molar-refractivity contribution in [2.45, 2.75) is 25.7 Å². The minimum Gasteiger partial charge on any atom is -0.319 e. The van der Waals surface area contributed by atoms with Gasteiger partial charge in [-0.3, -0.25) is 0 Å². The van der Waals surface area contributed by atoms with E-state index in [9.17, 15) is 0 Å². The summed E-state index contributed by atoms with van der Waals surface area (Å²) in [7, 11) is 2.08. The van der Waals surface area contributed by atoms with Crippen LogP contribution in [0.3, 0.4) is 0 Å². The fraction of sp³-hybridized carbons (Fsp3) is 0.692. The van der Waals surface area contributed by atoms with E-state index in [0.29, 0.717) is 0 Å². The van der Waals surface area contributed by atoms with E-state index < -0.39 is 0 Å². The molecule has 1 nitrogen and oxygen atoms in total. The molecule has 1 N–H and O–H groups in total. The van der Waals surface area contributed by atoms with Crippen LogP contribution in [0.25, 0.3) is 0 Å². The zero-order chi connectivity index (χ0) is 9.54. The maximum Gasteiger partial charge on any atom is 0.00142 e. The van der Waals surface area contributed by atoms with E-state index in [2.05, 4.69) is 24.5 Å². The van der Waals surface area contributed by atoms with Crippen LogP contribution in [-0.2, 0) is 0 Å². The summed E-state index contributed by atoms with van der Waals surface area (Å²) in [5, 5.41) is 3.35. The average Bonchev–Trinajstić information content (AvgIpc) is 2.97. The normalized spacial score (nSPS) is 39.4. The Hall–Kier alpha value is -0.560. The number of hydrogen-bond donors (Lipinski definition) is 1. The lowest BCUT2D eigenvalue weighted by Crippen LogP contribution is -2.25. The molecular weight excluding hydrogens is 170 g/mol. The third kappa shape index (κ3) is 1.26. The molecule has 0 aromatic rings. The molecule has 0 amide bonds. The van der Waals surface area contributed by atoms with E-state index in [-0.39, 0.29) is 0 Å². The summed E-state index contributed by atoms with van der Waals surface area (Å²) in [6, 6.07) is 0. The molecule has 3 atom stereocenters. The molecule has 3 aliphatic carbocycles. The van der Waals surface area contributed by atoms with Crippen molar-refractivity contribution < 1.29 is 0 Å². The average molecular weight is 189 g/mol. The number of allylic oxidation sites excluding steroid dienone is 3. The lowest BCUT2D eigenvalue weighted by Gasteiger charge is -2.29. The summed E-state index contributed by atoms with van der Waals surface area (Å²) in [6.07, 6.45) is 10.5. The van der Waals surface area contributed by atoms with Crippen molar-refractivity contribution in [3.05, 3.63) is 23.3 Å². The Labute approximate surface area is 86.3 Å². The van der Waals surface area contributed by atoms with E-state index >= 15 is 0 Å². The second-order valence-electron chi connectivity index (χ2n) is 4.99. The SMILES string of the molecule is CNCC1CCCC2=C1C1CC1C=C2. The van der Waals surface area contributed by atoms with Gasteiger partial charge in [0.2, 0.25) is 0 Å². The molecule has 0 aromatic carbocycles. The Morgan fingerprint density at radius 2 is 2.43 bits per heavy atom. The molecule has 3 unspecified atom stereocenters. The highest BCUT2D eigenvalue weighted by atomic mass is 14.8. The summed E-state index contributed by atoms with van der Waals surface area (Å²) >= 11 is 0. The molecule has 3 aliphatic rings. The van der Waals surface area contributed by atoms with Crippen molar-refractivity contribution in [2.75, 3.05) is 13.6 Å². The van der Waals surface area contributed by atoms with Crippen molar-refractivity contribution in [1.29, 1.82) is 0 Å². The van der Waals surface area contributed by atoms with Crippen LogP contribution in [0.5, 0.6) is 0 Å². The van der Waals surface area contributed by atoms with E-state index in [1.807, 2.05) is 5.57 Å². The minimum atomic E-state index is 0.851. The fourth-order valence-electron chi connectivity index (χ4n) is 3.30. The van der Waals surface area contributed by atoms with E-state index in [1.54, 1.807) is 5.57 Å². The lowest BCUT2D eigenvalue weighted by molar-refractivity contribution is 0.455. The van der Waals surface area contributed by atoms with Gasteiger partial charge in [-0.1, -0.05) is 17.7 Å². The zero-order valence-electron chi connectivity index (χ0n) is 8.92. The molecule has 1 heteroatoms. The van der Waals surface area contributed by atoms with Crippen molar-refractivity contribution in [2.24, 2.45) is 17.8 Å². The van der Waals surface area contributed by atoms with Gasteiger partial charge in [0.15, 0.2) is 0 Å². The van der Waals surface area contributed by atoms with Crippen LogP contribution in [-0.4, -0.2) is 13.6 Å². The molecule has 3 rings (SSSR count). The molecule has 76 valence electrons. The molecule has 1 saturated carbocycles. The summed E-state index contributed by atoms with van der Waals surface area (Å²) < 4.78 is 0. The Morgan fingerprint density at radius 3 is 3.29 bits per heavy atom.